The minimum Gasteiger partial charge on any atom is -0.477 e. The summed E-state index contributed by atoms with van der Waals surface area (Å²) < 4.78 is 1.84. The quantitative estimate of drug-likeness (QED) is 0.815. The molecule has 2 N–H and O–H groups in total. The molecule has 1 aromatic heterocycles. The molecular weight excluding hydrogens is 242 g/mol. The Labute approximate surface area is 109 Å². The topological polar surface area (TPSA) is 67.1 Å². The van der Waals surface area contributed by atoms with Crippen LogP contribution in [0.1, 0.15) is 27.5 Å². The molecule has 0 fully saturated rings. The summed E-state index contributed by atoms with van der Waals surface area (Å²) in [5.41, 5.74) is 2.87. The number of aromatic carboxylic acids is 1. The summed E-state index contributed by atoms with van der Waals surface area (Å²) in [5.74, 6) is 0.149. The summed E-state index contributed by atoms with van der Waals surface area (Å²) >= 11 is 0. The molecular formula is C14H13N3O2. The van der Waals surface area contributed by atoms with E-state index in [1.807, 2.05) is 10.7 Å². The first-order valence-corrected chi connectivity index (χ1v) is 6.38. The van der Waals surface area contributed by atoms with Crippen LogP contribution in [-0.2, 0) is 6.42 Å². The van der Waals surface area contributed by atoms with Crippen LogP contribution in [0.4, 0.5) is 5.82 Å². The fourth-order valence-electron chi connectivity index (χ4n) is 3.31. The van der Waals surface area contributed by atoms with Crippen molar-refractivity contribution in [3.63, 3.8) is 0 Å². The first kappa shape index (κ1) is 10.6. The maximum atomic E-state index is 11.2. The number of hydrogen-bond donors (Lipinski definition) is 2. The SMILES string of the molecule is O=C(O)c1cnn2c1NCC1Cc3ccccc3C12. The second-order valence-electron chi connectivity index (χ2n) is 5.15. The largest absolute Gasteiger partial charge is 0.477 e. The van der Waals surface area contributed by atoms with Crippen molar-refractivity contribution in [2.24, 2.45) is 5.92 Å². The van der Waals surface area contributed by atoms with Crippen molar-refractivity contribution < 1.29 is 9.90 Å². The van der Waals surface area contributed by atoms with Crippen molar-refractivity contribution in [3.05, 3.63) is 47.2 Å². The van der Waals surface area contributed by atoms with Gasteiger partial charge in [0.25, 0.3) is 0 Å². The number of anilines is 1. The molecule has 19 heavy (non-hydrogen) atoms. The van der Waals surface area contributed by atoms with Crippen molar-refractivity contribution in [1.82, 2.24) is 9.78 Å². The molecule has 1 aliphatic heterocycles. The minimum atomic E-state index is -0.932. The lowest BCUT2D eigenvalue weighted by Gasteiger charge is -2.29. The molecule has 96 valence electrons. The van der Waals surface area contributed by atoms with Crippen LogP contribution in [0.5, 0.6) is 0 Å². The van der Waals surface area contributed by atoms with E-state index in [4.69, 9.17) is 0 Å². The number of carboxylic acid groups (broad SMARTS) is 1. The van der Waals surface area contributed by atoms with Gasteiger partial charge in [0.2, 0.25) is 0 Å². The molecule has 2 unspecified atom stereocenters. The van der Waals surface area contributed by atoms with Gasteiger partial charge in [-0.05, 0) is 17.5 Å². The summed E-state index contributed by atoms with van der Waals surface area (Å²) in [6.07, 6.45) is 2.46. The third kappa shape index (κ3) is 1.35. The second-order valence-corrected chi connectivity index (χ2v) is 5.15. The highest BCUT2D eigenvalue weighted by atomic mass is 16.4. The summed E-state index contributed by atoms with van der Waals surface area (Å²) in [4.78, 5) is 11.2. The predicted molar refractivity (Wildman–Crippen MR) is 69.5 cm³/mol. The lowest BCUT2D eigenvalue weighted by Crippen LogP contribution is -2.31. The van der Waals surface area contributed by atoms with Gasteiger partial charge in [0.05, 0.1) is 12.2 Å². The van der Waals surface area contributed by atoms with Gasteiger partial charge in [-0.1, -0.05) is 24.3 Å². The molecule has 0 spiro atoms. The predicted octanol–water partition coefficient (Wildman–Crippen LogP) is 1.77. The maximum absolute atomic E-state index is 11.2. The third-order valence-electron chi connectivity index (χ3n) is 4.12. The van der Waals surface area contributed by atoms with Gasteiger partial charge in [0, 0.05) is 12.5 Å². The number of carboxylic acids is 1. The van der Waals surface area contributed by atoms with E-state index in [9.17, 15) is 9.90 Å². The smallest absolute Gasteiger partial charge is 0.341 e. The van der Waals surface area contributed by atoms with Gasteiger partial charge in [-0.15, -0.1) is 0 Å². The fraction of sp³-hybridized carbons (Fsp3) is 0.286. The highest BCUT2D eigenvalue weighted by molar-refractivity contribution is 5.93. The van der Waals surface area contributed by atoms with E-state index < -0.39 is 5.97 Å². The Bertz CT molecular complexity index is 677. The molecule has 0 amide bonds. The number of nitrogens with zero attached hydrogens (tertiary/aromatic N) is 2. The molecule has 4 rings (SSSR count). The summed E-state index contributed by atoms with van der Waals surface area (Å²) in [7, 11) is 0. The number of benzene rings is 1. The van der Waals surface area contributed by atoms with Crippen molar-refractivity contribution >= 4 is 11.8 Å². The zero-order valence-corrected chi connectivity index (χ0v) is 10.2. The van der Waals surface area contributed by atoms with E-state index in [0.29, 0.717) is 11.7 Å². The Morgan fingerprint density at radius 2 is 2.26 bits per heavy atom. The molecule has 2 aromatic rings. The van der Waals surface area contributed by atoms with Gasteiger partial charge in [0.15, 0.2) is 0 Å². The second kappa shape index (κ2) is 3.60. The zero-order chi connectivity index (χ0) is 13.0. The Morgan fingerprint density at radius 3 is 3.11 bits per heavy atom. The van der Waals surface area contributed by atoms with Gasteiger partial charge in [-0.25, -0.2) is 9.48 Å². The monoisotopic (exact) mass is 255 g/mol. The molecule has 1 aromatic carbocycles. The number of hydrogen-bond acceptors (Lipinski definition) is 3. The first-order chi connectivity index (χ1) is 9.25. The number of nitrogens with one attached hydrogen (secondary N) is 1. The molecule has 5 heteroatoms. The number of carbonyl (C=O) groups is 1. The van der Waals surface area contributed by atoms with E-state index in [1.165, 1.54) is 17.3 Å². The van der Waals surface area contributed by atoms with E-state index in [-0.39, 0.29) is 11.6 Å². The van der Waals surface area contributed by atoms with Crippen LogP contribution >= 0.6 is 0 Å². The highest BCUT2D eigenvalue weighted by Gasteiger charge is 2.39. The molecule has 5 nitrogen and oxygen atoms in total. The standard InChI is InChI=1S/C14H13N3O2/c18-14(19)11-7-16-17-12-9(6-15-13(11)17)5-8-3-1-2-4-10(8)12/h1-4,7,9,12,15H,5-6H2,(H,18,19). The molecule has 2 aliphatic rings. The number of aromatic nitrogens is 2. The lowest BCUT2D eigenvalue weighted by molar-refractivity contribution is 0.0697. The van der Waals surface area contributed by atoms with Crippen LogP contribution in [0.2, 0.25) is 0 Å². The van der Waals surface area contributed by atoms with Gasteiger partial charge in [-0.3, -0.25) is 0 Å². The maximum Gasteiger partial charge on any atom is 0.341 e. The van der Waals surface area contributed by atoms with E-state index in [0.717, 1.165) is 13.0 Å². The Balaban J connectivity index is 1.88. The van der Waals surface area contributed by atoms with Crippen LogP contribution < -0.4 is 5.32 Å². The fourth-order valence-corrected chi connectivity index (χ4v) is 3.31. The van der Waals surface area contributed by atoms with Crippen LogP contribution in [-0.4, -0.2) is 27.4 Å². The van der Waals surface area contributed by atoms with Crippen LogP contribution in [0, 0.1) is 5.92 Å². The molecule has 0 saturated heterocycles. The zero-order valence-electron chi connectivity index (χ0n) is 10.2. The Hall–Kier alpha value is -2.30. The summed E-state index contributed by atoms with van der Waals surface area (Å²) in [6.45, 7) is 0.797. The number of fused-ring (bicyclic) bond motifs is 5. The summed E-state index contributed by atoms with van der Waals surface area (Å²) in [5, 5.41) is 16.7. The van der Waals surface area contributed by atoms with E-state index in [2.05, 4.69) is 28.6 Å². The van der Waals surface area contributed by atoms with Crippen molar-refractivity contribution in [2.75, 3.05) is 11.9 Å². The molecule has 2 atom stereocenters. The summed E-state index contributed by atoms with van der Waals surface area (Å²) in [6, 6.07) is 8.52. The van der Waals surface area contributed by atoms with Gasteiger partial charge in [-0.2, -0.15) is 5.10 Å². The van der Waals surface area contributed by atoms with Gasteiger partial charge < -0.3 is 10.4 Å². The molecule has 0 radical (unpaired) electrons. The van der Waals surface area contributed by atoms with Crippen molar-refractivity contribution in [2.45, 2.75) is 12.5 Å². The van der Waals surface area contributed by atoms with Crippen molar-refractivity contribution in [3.8, 4) is 0 Å². The number of rotatable bonds is 1. The van der Waals surface area contributed by atoms with Crippen molar-refractivity contribution in [1.29, 1.82) is 0 Å². The Morgan fingerprint density at radius 1 is 1.42 bits per heavy atom. The third-order valence-corrected chi connectivity index (χ3v) is 4.12. The average Bonchev–Trinajstić information content (AvgIpc) is 2.98. The molecule has 2 heterocycles. The minimum absolute atomic E-state index is 0.167. The first-order valence-electron chi connectivity index (χ1n) is 6.38. The molecule has 0 bridgehead atoms. The van der Waals surface area contributed by atoms with E-state index in [1.54, 1.807) is 0 Å². The van der Waals surface area contributed by atoms with Crippen LogP contribution in [0.25, 0.3) is 0 Å². The normalized spacial score (nSPS) is 23.2. The van der Waals surface area contributed by atoms with Gasteiger partial charge >= 0.3 is 5.97 Å². The lowest BCUT2D eigenvalue weighted by atomic mass is 9.98. The highest BCUT2D eigenvalue weighted by Crippen LogP contribution is 2.43. The van der Waals surface area contributed by atoms with Gasteiger partial charge in [0.1, 0.15) is 11.4 Å². The molecule has 0 saturated carbocycles. The average molecular weight is 255 g/mol. The molecule has 1 aliphatic carbocycles. The Kier molecular flexibility index (Phi) is 2.01. The van der Waals surface area contributed by atoms with Crippen LogP contribution in [0.15, 0.2) is 30.5 Å². The van der Waals surface area contributed by atoms with E-state index >= 15 is 0 Å². The van der Waals surface area contributed by atoms with Crippen LogP contribution in [0.3, 0.4) is 0 Å².